The fourth-order valence-electron chi connectivity index (χ4n) is 0.965. The summed E-state index contributed by atoms with van der Waals surface area (Å²) in [5, 5.41) is 0. The van der Waals surface area contributed by atoms with Gasteiger partial charge in [-0.2, -0.15) is 0 Å². The van der Waals surface area contributed by atoms with Crippen LogP contribution in [0.5, 0.6) is 0 Å². The number of amides is 1. The second-order valence-corrected chi connectivity index (χ2v) is 3.46. The number of carbonyl (C=O) groups excluding carboxylic acids is 1. The van der Waals surface area contributed by atoms with Crippen molar-refractivity contribution in [3.05, 3.63) is 11.6 Å². The Morgan fingerprint density at radius 2 is 1.92 bits per heavy atom. The minimum absolute atomic E-state index is 0.0838. The predicted octanol–water partition coefficient (Wildman–Crippen LogP) is 2.07. The van der Waals surface area contributed by atoms with Crippen LogP contribution in [-0.2, 0) is 4.79 Å². The fourth-order valence-corrected chi connectivity index (χ4v) is 0.965. The molecule has 0 aromatic carbocycles. The number of hydrogen-bond donors (Lipinski definition) is 0. The van der Waals surface area contributed by atoms with Crippen LogP contribution in [-0.4, -0.2) is 24.9 Å². The van der Waals surface area contributed by atoms with Gasteiger partial charge in [0.1, 0.15) is 0 Å². The van der Waals surface area contributed by atoms with Crippen molar-refractivity contribution in [1.82, 2.24) is 4.90 Å². The number of rotatable bonds is 3. The van der Waals surface area contributed by atoms with Crippen LogP contribution < -0.4 is 0 Å². The summed E-state index contributed by atoms with van der Waals surface area (Å²) >= 11 is 0. The second-order valence-electron chi connectivity index (χ2n) is 3.46. The van der Waals surface area contributed by atoms with Gasteiger partial charge < -0.3 is 4.90 Å². The Balaban J connectivity index is 4.38. The van der Waals surface area contributed by atoms with Crippen LogP contribution in [0.25, 0.3) is 0 Å². The predicted molar refractivity (Wildman–Crippen MR) is 51.9 cm³/mol. The van der Waals surface area contributed by atoms with Gasteiger partial charge in [-0.05, 0) is 12.3 Å². The number of allylic oxidation sites excluding steroid dienone is 1. The van der Waals surface area contributed by atoms with Gasteiger partial charge in [0.2, 0.25) is 5.91 Å². The van der Waals surface area contributed by atoms with Gasteiger partial charge in [0, 0.05) is 20.2 Å². The quantitative estimate of drug-likeness (QED) is 0.592. The average Bonchev–Trinajstić information content (AvgIpc) is 1.98. The van der Waals surface area contributed by atoms with Crippen molar-refractivity contribution in [3.8, 4) is 0 Å². The number of hydrogen-bond acceptors (Lipinski definition) is 1. The van der Waals surface area contributed by atoms with E-state index in [4.69, 9.17) is 0 Å². The van der Waals surface area contributed by atoms with Crippen molar-refractivity contribution in [2.24, 2.45) is 5.92 Å². The summed E-state index contributed by atoms with van der Waals surface area (Å²) in [6.07, 6.45) is 2.70. The lowest BCUT2D eigenvalue weighted by Crippen LogP contribution is -2.20. The molecular formula is C10H19NO. The molecule has 12 heavy (non-hydrogen) atoms. The molecule has 0 aliphatic heterocycles. The van der Waals surface area contributed by atoms with E-state index in [2.05, 4.69) is 20.8 Å². The molecule has 0 rings (SSSR count). The third kappa shape index (κ3) is 3.56. The smallest absolute Gasteiger partial charge is 0.245 e. The highest BCUT2D eigenvalue weighted by molar-refractivity contribution is 5.87. The van der Waals surface area contributed by atoms with E-state index in [1.54, 1.807) is 25.1 Å². The first-order valence-corrected chi connectivity index (χ1v) is 4.40. The van der Waals surface area contributed by atoms with Crippen LogP contribution in [0.2, 0.25) is 0 Å². The molecule has 0 spiro atoms. The van der Waals surface area contributed by atoms with E-state index >= 15 is 0 Å². The van der Waals surface area contributed by atoms with Gasteiger partial charge in [0.05, 0.1) is 0 Å². The van der Waals surface area contributed by atoms with Crippen molar-refractivity contribution in [2.75, 3.05) is 14.1 Å². The van der Waals surface area contributed by atoms with Crippen molar-refractivity contribution in [2.45, 2.75) is 27.2 Å². The van der Waals surface area contributed by atoms with Gasteiger partial charge >= 0.3 is 0 Å². The Morgan fingerprint density at radius 1 is 1.42 bits per heavy atom. The van der Waals surface area contributed by atoms with Crippen LogP contribution in [0, 0.1) is 5.92 Å². The van der Waals surface area contributed by atoms with Crippen LogP contribution in [0.4, 0.5) is 0 Å². The van der Waals surface area contributed by atoms with Gasteiger partial charge in [0.15, 0.2) is 0 Å². The molecule has 0 saturated carbocycles. The summed E-state index contributed by atoms with van der Waals surface area (Å²) in [4.78, 5) is 12.9. The van der Waals surface area contributed by atoms with Crippen LogP contribution >= 0.6 is 0 Å². The maximum Gasteiger partial charge on any atom is 0.245 e. The van der Waals surface area contributed by atoms with Crippen molar-refractivity contribution < 1.29 is 4.79 Å². The SMILES string of the molecule is CC/C(=C\C(=O)N(C)C)C(C)C. The molecule has 0 radical (unpaired) electrons. The molecule has 1 amide bonds. The monoisotopic (exact) mass is 169 g/mol. The van der Waals surface area contributed by atoms with Crippen LogP contribution in [0.15, 0.2) is 11.6 Å². The third-order valence-corrected chi connectivity index (χ3v) is 1.90. The molecule has 2 nitrogen and oxygen atoms in total. The second kappa shape index (κ2) is 4.96. The summed E-state index contributed by atoms with van der Waals surface area (Å²) in [6.45, 7) is 6.30. The summed E-state index contributed by atoms with van der Waals surface area (Å²) in [6, 6.07) is 0. The molecule has 0 aromatic rings. The summed E-state index contributed by atoms with van der Waals surface area (Å²) in [7, 11) is 3.54. The fraction of sp³-hybridized carbons (Fsp3) is 0.700. The number of nitrogens with zero attached hydrogens (tertiary/aromatic N) is 1. The van der Waals surface area contributed by atoms with E-state index < -0.39 is 0 Å². The molecule has 2 heteroatoms. The molecule has 0 saturated heterocycles. The highest BCUT2D eigenvalue weighted by Crippen LogP contribution is 2.12. The molecule has 0 fully saturated rings. The van der Waals surface area contributed by atoms with Crippen molar-refractivity contribution in [3.63, 3.8) is 0 Å². The molecular weight excluding hydrogens is 150 g/mol. The molecule has 0 heterocycles. The summed E-state index contributed by atoms with van der Waals surface area (Å²) in [5.41, 5.74) is 1.22. The molecule has 0 unspecified atom stereocenters. The van der Waals surface area contributed by atoms with Gasteiger partial charge in [-0.3, -0.25) is 4.79 Å². The van der Waals surface area contributed by atoms with E-state index in [1.165, 1.54) is 5.57 Å². The first kappa shape index (κ1) is 11.2. The highest BCUT2D eigenvalue weighted by Gasteiger charge is 2.04. The highest BCUT2D eigenvalue weighted by atomic mass is 16.2. The lowest BCUT2D eigenvalue weighted by molar-refractivity contribution is -0.123. The van der Waals surface area contributed by atoms with E-state index in [-0.39, 0.29) is 5.91 Å². The van der Waals surface area contributed by atoms with E-state index in [1.807, 2.05) is 0 Å². The van der Waals surface area contributed by atoms with Gasteiger partial charge in [-0.15, -0.1) is 0 Å². The number of likely N-dealkylation sites (N-methyl/N-ethyl adjacent to an activating group) is 1. The molecule has 0 aliphatic rings. The zero-order valence-electron chi connectivity index (χ0n) is 8.72. The maximum absolute atomic E-state index is 11.3. The first-order chi connectivity index (χ1) is 5.49. The van der Waals surface area contributed by atoms with E-state index in [9.17, 15) is 4.79 Å². The summed E-state index contributed by atoms with van der Waals surface area (Å²) in [5.74, 6) is 0.555. The minimum Gasteiger partial charge on any atom is -0.345 e. The van der Waals surface area contributed by atoms with Gasteiger partial charge in [-0.1, -0.05) is 26.3 Å². The molecule has 0 aromatic heterocycles. The first-order valence-electron chi connectivity index (χ1n) is 4.40. The summed E-state index contributed by atoms with van der Waals surface area (Å²) < 4.78 is 0. The molecule has 0 atom stereocenters. The zero-order chi connectivity index (χ0) is 9.72. The van der Waals surface area contributed by atoms with E-state index in [0.29, 0.717) is 5.92 Å². The Hall–Kier alpha value is -0.790. The number of carbonyl (C=O) groups is 1. The van der Waals surface area contributed by atoms with Gasteiger partial charge in [-0.25, -0.2) is 0 Å². The Bertz CT molecular complexity index is 180. The lowest BCUT2D eigenvalue weighted by atomic mass is 10.0. The Labute approximate surface area is 75.3 Å². The molecule has 70 valence electrons. The standard InChI is InChI=1S/C10H19NO/c1-6-9(8(2)3)7-10(12)11(4)5/h7-8H,6H2,1-5H3/b9-7+. The largest absolute Gasteiger partial charge is 0.345 e. The van der Waals surface area contributed by atoms with Crippen LogP contribution in [0.3, 0.4) is 0 Å². The average molecular weight is 169 g/mol. The lowest BCUT2D eigenvalue weighted by Gasteiger charge is -2.11. The Kier molecular flexibility index (Phi) is 4.64. The third-order valence-electron chi connectivity index (χ3n) is 1.90. The van der Waals surface area contributed by atoms with E-state index in [0.717, 1.165) is 6.42 Å². The normalized spacial score (nSPS) is 12.0. The topological polar surface area (TPSA) is 20.3 Å². The van der Waals surface area contributed by atoms with Crippen molar-refractivity contribution in [1.29, 1.82) is 0 Å². The van der Waals surface area contributed by atoms with Crippen molar-refractivity contribution >= 4 is 5.91 Å². The molecule has 0 aliphatic carbocycles. The molecule has 0 bridgehead atoms. The zero-order valence-corrected chi connectivity index (χ0v) is 8.72. The minimum atomic E-state index is 0.0838. The van der Waals surface area contributed by atoms with Gasteiger partial charge in [0.25, 0.3) is 0 Å². The van der Waals surface area contributed by atoms with Crippen LogP contribution in [0.1, 0.15) is 27.2 Å². The Morgan fingerprint density at radius 3 is 2.17 bits per heavy atom. The maximum atomic E-state index is 11.3. The molecule has 0 N–H and O–H groups in total.